The van der Waals surface area contributed by atoms with Crippen LogP contribution in [0.5, 0.6) is 0 Å². The minimum atomic E-state index is 0.517. The number of fused-ring (bicyclic) bond motifs is 1. The fourth-order valence-electron chi connectivity index (χ4n) is 3.18. The Labute approximate surface area is 126 Å². The molecule has 0 bridgehead atoms. The van der Waals surface area contributed by atoms with Gasteiger partial charge in [0.1, 0.15) is 0 Å². The molecule has 106 valence electrons. The second-order valence-corrected chi connectivity index (χ2v) is 6.80. The van der Waals surface area contributed by atoms with Gasteiger partial charge in [-0.2, -0.15) is 0 Å². The van der Waals surface area contributed by atoms with Crippen molar-refractivity contribution < 1.29 is 0 Å². The molecule has 3 rings (SSSR count). The second-order valence-electron chi connectivity index (χ2n) is 5.60. The van der Waals surface area contributed by atoms with Crippen LogP contribution in [0.3, 0.4) is 0 Å². The summed E-state index contributed by atoms with van der Waals surface area (Å²) in [6.07, 6.45) is 3.63. The minimum absolute atomic E-state index is 0.517. The maximum absolute atomic E-state index is 3.68. The zero-order valence-corrected chi connectivity index (χ0v) is 13.2. The molecule has 2 atom stereocenters. The first kappa shape index (κ1) is 13.8. The summed E-state index contributed by atoms with van der Waals surface area (Å²) in [7, 11) is 0. The largest absolute Gasteiger partial charge is 0.310 e. The zero-order valence-electron chi connectivity index (χ0n) is 12.4. The normalized spacial score (nSPS) is 18.4. The Morgan fingerprint density at radius 1 is 1.20 bits per heavy atom. The first-order chi connectivity index (χ1) is 9.81. The Morgan fingerprint density at radius 3 is 2.75 bits per heavy atom. The van der Waals surface area contributed by atoms with Gasteiger partial charge >= 0.3 is 0 Å². The summed E-state index contributed by atoms with van der Waals surface area (Å²) in [5, 5.41) is 3.68. The third-order valence-corrected chi connectivity index (χ3v) is 5.65. The van der Waals surface area contributed by atoms with Gasteiger partial charge in [-0.05, 0) is 55.0 Å². The summed E-state index contributed by atoms with van der Waals surface area (Å²) >= 11 is 1.98. The van der Waals surface area contributed by atoms with Gasteiger partial charge in [0, 0.05) is 15.8 Å². The van der Waals surface area contributed by atoms with E-state index in [0.29, 0.717) is 6.04 Å². The summed E-state index contributed by atoms with van der Waals surface area (Å²) < 4.78 is 0. The first-order valence-electron chi connectivity index (χ1n) is 7.71. The molecule has 0 fully saturated rings. The quantitative estimate of drug-likeness (QED) is 0.812. The molecule has 1 N–H and O–H groups in total. The van der Waals surface area contributed by atoms with E-state index in [1.807, 2.05) is 11.3 Å². The summed E-state index contributed by atoms with van der Waals surface area (Å²) in [5.74, 6) is 0.738. The lowest BCUT2D eigenvalue weighted by atomic mass is 9.74. The Balaban J connectivity index is 1.72. The molecule has 0 saturated heterocycles. The van der Waals surface area contributed by atoms with Crippen molar-refractivity contribution in [2.45, 2.75) is 45.1 Å². The van der Waals surface area contributed by atoms with Gasteiger partial charge in [-0.15, -0.1) is 11.3 Å². The fourth-order valence-corrected chi connectivity index (χ4v) is 4.22. The molecule has 2 heteroatoms. The molecule has 0 spiro atoms. The predicted molar refractivity (Wildman–Crippen MR) is 87.6 cm³/mol. The Hall–Kier alpha value is -1.12. The summed E-state index contributed by atoms with van der Waals surface area (Å²) in [4.78, 5) is 3.00. The standard InChI is InChI=1S/C18H23NS/c1-3-15-9-10-18(20-15)17(19-4-2)12-14-11-13-7-5-6-8-16(13)14/h5-10,14,17,19H,3-4,11-12H2,1-2H3. The van der Waals surface area contributed by atoms with Crippen LogP contribution in [0.2, 0.25) is 0 Å². The number of hydrogen-bond acceptors (Lipinski definition) is 2. The topological polar surface area (TPSA) is 12.0 Å². The predicted octanol–water partition coefficient (Wildman–Crippen LogP) is 4.69. The highest BCUT2D eigenvalue weighted by atomic mass is 32.1. The summed E-state index contributed by atoms with van der Waals surface area (Å²) in [6, 6.07) is 14.0. The molecule has 1 aliphatic rings. The molecule has 0 amide bonds. The Morgan fingerprint density at radius 2 is 2.05 bits per heavy atom. The van der Waals surface area contributed by atoms with E-state index in [0.717, 1.165) is 18.9 Å². The number of aryl methyl sites for hydroxylation is 1. The van der Waals surface area contributed by atoms with Crippen molar-refractivity contribution in [3.63, 3.8) is 0 Å². The fraction of sp³-hybridized carbons (Fsp3) is 0.444. The van der Waals surface area contributed by atoms with E-state index in [1.165, 1.54) is 22.6 Å². The Kier molecular flexibility index (Phi) is 4.23. The maximum Gasteiger partial charge on any atom is 0.0420 e. The van der Waals surface area contributed by atoms with Crippen molar-refractivity contribution in [2.75, 3.05) is 6.54 Å². The molecule has 0 saturated carbocycles. The molecular formula is C18H23NS. The van der Waals surface area contributed by atoms with E-state index in [1.54, 1.807) is 11.1 Å². The van der Waals surface area contributed by atoms with E-state index >= 15 is 0 Å². The molecule has 2 unspecified atom stereocenters. The average molecular weight is 285 g/mol. The maximum atomic E-state index is 3.68. The number of thiophene rings is 1. The molecular weight excluding hydrogens is 262 g/mol. The zero-order chi connectivity index (χ0) is 13.9. The van der Waals surface area contributed by atoms with Gasteiger partial charge in [-0.25, -0.2) is 0 Å². The van der Waals surface area contributed by atoms with Crippen molar-refractivity contribution in [2.24, 2.45) is 0 Å². The molecule has 1 aromatic carbocycles. The van der Waals surface area contributed by atoms with Gasteiger partial charge in [0.25, 0.3) is 0 Å². The van der Waals surface area contributed by atoms with Crippen LogP contribution in [0.1, 0.15) is 53.1 Å². The molecule has 2 aromatic rings. The van der Waals surface area contributed by atoms with E-state index in [-0.39, 0.29) is 0 Å². The summed E-state index contributed by atoms with van der Waals surface area (Å²) in [6.45, 7) is 5.48. The van der Waals surface area contributed by atoms with Crippen LogP contribution >= 0.6 is 11.3 Å². The van der Waals surface area contributed by atoms with Crippen LogP contribution in [0.15, 0.2) is 36.4 Å². The number of rotatable bonds is 6. The number of nitrogens with one attached hydrogen (secondary N) is 1. The smallest absolute Gasteiger partial charge is 0.0420 e. The highest BCUT2D eigenvalue weighted by molar-refractivity contribution is 7.12. The number of benzene rings is 1. The van der Waals surface area contributed by atoms with Gasteiger partial charge in [0.2, 0.25) is 0 Å². The molecule has 0 aliphatic heterocycles. The van der Waals surface area contributed by atoms with Gasteiger partial charge in [0.05, 0.1) is 0 Å². The summed E-state index contributed by atoms with van der Waals surface area (Å²) in [5.41, 5.74) is 3.12. The van der Waals surface area contributed by atoms with Crippen molar-refractivity contribution in [1.82, 2.24) is 5.32 Å². The highest BCUT2D eigenvalue weighted by Gasteiger charge is 2.28. The lowest BCUT2D eigenvalue weighted by Crippen LogP contribution is -2.26. The SMILES string of the molecule is CCNC(CC1Cc2ccccc21)c1ccc(CC)s1. The minimum Gasteiger partial charge on any atom is -0.310 e. The van der Waals surface area contributed by atoms with Crippen molar-refractivity contribution in [1.29, 1.82) is 0 Å². The van der Waals surface area contributed by atoms with Gasteiger partial charge < -0.3 is 5.32 Å². The first-order valence-corrected chi connectivity index (χ1v) is 8.53. The van der Waals surface area contributed by atoms with Gasteiger partial charge in [0.15, 0.2) is 0 Å². The van der Waals surface area contributed by atoms with Gasteiger partial charge in [-0.3, -0.25) is 0 Å². The lowest BCUT2D eigenvalue weighted by molar-refractivity contribution is 0.440. The molecule has 1 aromatic heterocycles. The van der Waals surface area contributed by atoms with Crippen LogP contribution in [-0.4, -0.2) is 6.54 Å². The van der Waals surface area contributed by atoms with Crippen LogP contribution in [0, 0.1) is 0 Å². The molecule has 20 heavy (non-hydrogen) atoms. The molecule has 1 nitrogen and oxygen atoms in total. The third kappa shape index (κ3) is 2.68. The van der Waals surface area contributed by atoms with E-state index < -0.39 is 0 Å². The number of hydrogen-bond donors (Lipinski definition) is 1. The van der Waals surface area contributed by atoms with Crippen LogP contribution < -0.4 is 5.32 Å². The highest BCUT2D eigenvalue weighted by Crippen LogP contribution is 2.41. The lowest BCUT2D eigenvalue weighted by Gasteiger charge is -2.33. The van der Waals surface area contributed by atoms with Crippen molar-refractivity contribution in [3.05, 3.63) is 57.3 Å². The van der Waals surface area contributed by atoms with E-state index in [2.05, 4.69) is 55.6 Å². The van der Waals surface area contributed by atoms with Crippen LogP contribution in [-0.2, 0) is 12.8 Å². The van der Waals surface area contributed by atoms with Crippen LogP contribution in [0.4, 0.5) is 0 Å². The monoisotopic (exact) mass is 285 g/mol. The van der Waals surface area contributed by atoms with Gasteiger partial charge in [-0.1, -0.05) is 38.1 Å². The molecule has 0 radical (unpaired) electrons. The van der Waals surface area contributed by atoms with Crippen LogP contribution in [0.25, 0.3) is 0 Å². The van der Waals surface area contributed by atoms with Crippen molar-refractivity contribution in [3.8, 4) is 0 Å². The van der Waals surface area contributed by atoms with E-state index in [4.69, 9.17) is 0 Å². The van der Waals surface area contributed by atoms with Crippen molar-refractivity contribution >= 4 is 11.3 Å². The third-order valence-electron chi connectivity index (χ3n) is 4.31. The second kappa shape index (κ2) is 6.11. The average Bonchev–Trinajstić information content (AvgIpc) is 2.92. The van der Waals surface area contributed by atoms with E-state index in [9.17, 15) is 0 Å². The molecule has 1 heterocycles. The molecule has 1 aliphatic carbocycles. The Bertz CT molecular complexity index is 572.